The predicted molar refractivity (Wildman–Crippen MR) is 69.8 cm³/mol. The van der Waals surface area contributed by atoms with Crippen LogP contribution in [0.3, 0.4) is 0 Å². The number of rotatable bonds is 2. The molecule has 0 radical (unpaired) electrons. The third-order valence-corrected chi connectivity index (χ3v) is 3.45. The molecule has 1 aromatic carbocycles. The van der Waals surface area contributed by atoms with Gasteiger partial charge >= 0.3 is 0 Å². The monoisotopic (exact) mass is 219 g/mol. The fourth-order valence-corrected chi connectivity index (χ4v) is 2.46. The SMILES string of the molecule is CCN1CCN(c2ccccc2N)CC1C. The molecule has 1 aromatic rings. The largest absolute Gasteiger partial charge is 0.397 e. The third kappa shape index (κ3) is 2.14. The van der Waals surface area contributed by atoms with Crippen LogP contribution in [-0.4, -0.2) is 37.1 Å². The minimum Gasteiger partial charge on any atom is -0.397 e. The number of likely N-dealkylation sites (N-methyl/N-ethyl adjacent to an activating group) is 1. The lowest BCUT2D eigenvalue weighted by molar-refractivity contribution is 0.199. The second-order valence-electron chi connectivity index (χ2n) is 4.48. The number of hydrogen-bond donors (Lipinski definition) is 1. The van der Waals surface area contributed by atoms with Gasteiger partial charge in [0.2, 0.25) is 0 Å². The van der Waals surface area contributed by atoms with Gasteiger partial charge in [-0.2, -0.15) is 0 Å². The summed E-state index contributed by atoms with van der Waals surface area (Å²) >= 11 is 0. The van der Waals surface area contributed by atoms with Crippen molar-refractivity contribution in [3.05, 3.63) is 24.3 Å². The number of hydrogen-bond acceptors (Lipinski definition) is 3. The van der Waals surface area contributed by atoms with Crippen molar-refractivity contribution in [1.29, 1.82) is 0 Å². The van der Waals surface area contributed by atoms with Gasteiger partial charge in [-0.3, -0.25) is 4.90 Å². The van der Waals surface area contributed by atoms with E-state index in [9.17, 15) is 0 Å². The van der Waals surface area contributed by atoms with E-state index in [2.05, 4.69) is 35.8 Å². The van der Waals surface area contributed by atoms with Crippen LogP contribution in [0.15, 0.2) is 24.3 Å². The van der Waals surface area contributed by atoms with Crippen molar-refractivity contribution >= 4 is 11.4 Å². The van der Waals surface area contributed by atoms with Gasteiger partial charge in [-0.25, -0.2) is 0 Å². The molecule has 2 N–H and O–H groups in total. The Morgan fingerprint density at radius 1 is 1.31 bits per heavy atom. The highest BCUT2D eigenvalue weighted by Crippen LogP contribution is 2.24. The number of anilines is 2. The lowest BCUT2D eigenvalue weighted by atomic mass is 10.1. The van der Waals surface area contributed by atoms with E-state index < -0.39 is 0 Å². The van der Waals surface area contributed by atoms with Gasteiger partial charge in [-0.1, -0.05) is 19.1 Å². The molecule has 1 saturated heterocycles. The topological polar surface area (TPSA) is 32.5 Å². The van der Waals surface area contributed by atoms with Gasteiger partial charge in [0.1, 0.15) is 0 Å². The first-order chi connectivity index (χ1) is 7.72. The van der Waals surface area contributed by atoms with E-state index in [1.54, 1.807) is 0 Å². The fraction of sp³-hybridized carbons (Fsp3) is 0.538. The van der Waals surface area contributed by atoms with Crippen LogP contribution < -0.4 is 10.6 Å². The molecule has 0 amide bonds. The molecule has 1 heterocycles. The summed E-state index contributed by atoms with van der Waals surface area (Å²) in [4.78, 5) is 4.90. The van der Waals surface area contributed by atoms with Crippen molar-refractivity contribution in [3.8, 4) is 0 Å². The second-order valence-corrected chi connectivity index (χ2v) is 4.48. The standard InChI is InChI=1S/C13H21N3/c1-3-15-8-9-16(10-11(15)2)13-7-5-4-6-12(13)14/h4-7,11H,3,8-10,14H2,1-2H3. The normalized spacial score (nSPS) is 22.4. The molecule has 1 fully saturated rings. The fourth-order valence-electron chi connectivity index (χ4n) is 2.46. The third-order valence-electron chi connectivity index (χ3n) is 3.45. The summed E-state index contributed by atoms with van der Waals surface area (Å²) in [5.74, 6) is 0. The number of benzene rings is 1. The van der Waals surface area contributed by atoms with E-state index in [-0.39, 0.29) is 0 Å². The molecule has 3 heteroatoms. The van der Waals surface area contributed by atoms with Crippen LogP contribution in [0.5, 0.6) is 0 Å². The van der Waals surface area contributed by atoms with Gasteiger partial charge < -0.3 is 10.6 Å². The highest BCUT2D eigenvalue weighted by atomic mass is 15.3. The van der Waals surface area contributed by atoms with E-state index in [1.165, 1.54) is 5.69 Å². The molecule has 1 aliphatic rings. The quantitative estimate of drug-likeness (QED) is 0.770. The van der Waals surface area contributed by atoms with Crippen LogP contribution in [0.1, 0.15) is 13.8 Å². The van der Waals surface area contributed by atoms with Crippen LogP contribution in [0.4, 0.5) is 11.4 Å². The number of piperazine rings is 1. The van der Waals surface area contributed by atoms with Crippen molar-refractivity contribution in [2.45, 2.75) is 19.9 Å². The first kappa shape index (κ1) is 11.3. The molecule has 2 rings (SSSR count). The lowest BCUT2D eigenvalue weighted by Gasteiger charge is -2.40. The zero-order valence-electron chi connectivity index (χ0n) is 10.2. The molecule has 0 bridgehead atoms. The maximum absolute atomic E-state index is 6.01. The Bertz CT molecular complexity index is 351. The first-order valence-electron chi connectivity index (χ1n) is 6.06. The molecule has 3 nitrogen and oxygen atoms in total. The molecular weight excluding hydrogens is 198 g/mol. The van der Waals surface area contributed by atoms with E-state index in [0.29, 0.717) is 6.04 Å². The van der Waals surface area contributed by atoms with Crippen molar-refractivity contribution in [3.63, 3.8) is 0 Å². The van der Waals surface area contributed by atoms with Gasteiger partial charge in [0.25, 0.3) is 0 Å². The smallest absolute Gasteiger partial charge is 0.0600 e. The molecule has 16 heavy (non-hydrogen) atoms. The summed E-state index contributed by atoms with van der Waals surface area (Å²) in [5, 5.41) is 0. The molecule has 1 atom stereocenters. The zero-order valence-corrected chi connectivity index (χ0v) is 10.2. The molecule has 0 spiro atoms. The van der Waals surface area contributed by atoms with Crippen LogP contribution in [0.2, 0.25) is 0 Å². The van der Waals surface area contributed by atoms with Crippen molar-refractivity contribution < 1.29 is 0 Å². The molecular formula is C13H21N3. The van der Waals surface area contributed by atoms with Gasteiger partial charge in [-0.15, -0.1) is 0 Å². The van der Waals surface area contributed by atoms with Crippen LogP contribution in [0.25, 0.3) is 0 Å². The number of nitrogens with zero attached hydrogens (tertiary/aromatic N) is 2. The van der Waals surface area contributed by atoms with Gasteiger partial charge in [-0.05, 0) is 25.6 Å². The Labute approximate surface area is 97.8 Å². The summed E-state index contributed by atoms with van der Waals surface area (Å²) in [6.45, 7) is 8.93. The lowest BCUT2D eigenvalue weighted by Crippen LogP contribution is -2.51. The molecule has 0 saturated carbocycles. The maximum Gasteiger partial charge on any atom is 0.0600 e. The Kier molecular flexibility index (Phi) is 3.34. The summed E-state index contributed by atoms with van der Waals surface area (Å²) in [6.07, 6.45) is 0. The summed E-state index contributed by atoms with van der Waals surface area (Å²) in [7, 11) is 0. The zero-order chi connectivity index (χ0) is 11.5. The van der Waals surface area contributed by atoms with Crippen LogP contribution in [0, 0.1) is 0 Å². The van der Waals surface area contributed by atoms with Gasteiger partial charge in [0, 0.05) is 25.7 Å². The Hall–Kier alpha value is -1.22. The van der Waals surface area contributed by atoms with E-state index in [0.717, 1.165) is 31.9 Å². The summed E-state index contributed by atoms with van der Waals surface area (Å²) in [6, 6.07) is 8.75. The van der Waals surface area contributed by atoms with Crippen LogP contribution in [-0.2, 0) is 0 Å². The van der Waals surface area contributed by atoms with Gasteiger partial charge in [0.05, 0.1) is 11.4 Å². The average molecular weight is 219 g/mol. The van der Waals surface area contributed by atoms with E-state index in [4.69, 9.17) is 5.73 Å². The summed E-state index contributed by atoms with van der Waals surface area (Å²) < 4.78 is 0. The highest BCUT2D eigenvalue weighted by molar-refractivity contribution is 5.67. The Balaban J connectivity index is 2.11. The highest BCUT2D eigenvalue weighted by Gasteiger charge is 2.23. The number of nitrogen functional groups attached to an aromatic ring is 1. The predicted octanol–water partition coefficient (Wildman–Crippen LogP) is 1.80. The van der Waals surface area contributed by atoms with E-state index in [1.807, 2.05) is 12.1 Å². The van der Waals surface area contributed by atoms with Crippen molar-refractivity contribution in [2.24, 2.45) is 0 Å². The molecule has 1 unspecified atom stereocenters. The van der Waals surface area contributed by atoms with Crippen LogP contribution >= 0.6 is 0 Å². The molecule has 0 aromatic heterocycles. The first-order valence-corrected chi connectivity index (χ1v) is 6.06. The number of para-hydroxylation sites is 2. The minimum absolute atomic E-state index is 0.610. The molecule has 1 aliphatic heterocycles. The molecule has 0 aliphatic carbocycles. The summed E-state index contributed by atoms with van der Waals surface area (Å²) in [5.41, 5.74) is 8.08. The molecule has 88 valence electrons. The van der Waals surface area contributed by atoms with Gasteiger partial charge in [0.15, 0.2) is 0 Å². The average Bonchev–Trinajstić information content (AvgIpc) is 2.29. The second kappa shape index (κ2) is 4.74. The Morgan fingerprint density at radius 2 is 2.06 bits per heavy atom. The van der Waals surface area contributed by atoms with Crippen molar-refractivity contribution in [2.75, 3.05) is 36.8 Å². The number of nitrogens with two attached hydrogens (primary N) is 1. The van der Waals surface area contributed by atoms with E-state index >= 15 is 0 Å². The Morgan fingerprint density at radius 3 is 2.69 bits per heavy atom. The minimum atomic E-state index is 0.610. The maximum atomic E-state index is 6.01. The van der Waals surface area contributed by atoms with Crippen molar-refractivity contribution in [1.82, 2.24) is 4.90 Å².